The van der Waals surface area contributed by atoms with Crippen molar-refractivity contribution in [3.8, 4) is 23.3 Å². The van der Waals surface area contributed by atoms with Crippen LogP contribution in [0.1, 0.15) is 69.4 Å². The third kappa shape index (κ3) is 10.5. The zero-order chi connectivity index (χ0) is 37.5. The molecule has 1 aliphatic carbocycles. The summed E-state index contributed by atoms with van der Waals surface area (Å²) in [5.74, 6) is 9.07. The zero-order valence-corrected chi connectivity index (χ0v) is 31.9. The number of aliphatic hydroxyl groups excluding tert-OH is 1. The first-order valence-electron chi connectivity index (χ1n) is 20.3. The molecule has 0 radical (unpaired) electrons. The highest BCUT2D eigenvalue weighted by Crippen LogP contribution is 2.36. The van der Waals surface area contributed by atoms with E-state index in [0.717, 1.165) is 70.5 Å². The van der Waals surface area contributed by atoms with Gasteiger partial charge in [-0.05, 0) is 99.6 Å². The number of aromatic hydroxyl groups is 1. The third-order valence-electron chi connectivity index (χ3n) is 12.3. The predicted octanol–water partition coefficient (Wildman–Crippen LogP) is 3.67. The monoisotopic (exact) mass is 740 g/mol. The molecule has 292 valence electrons. The van der Waals surface area contributed by atoms with Gasteiger partial charge in [-0.3, -0.25) is 9.69 Å². The number of ether oxygens (including phenoxy) is 2. The van der Waals surface area contributed by atoms with Crippen LogP contribution in [0.5, 0.6) is 11.5 Å². The Morgan fingerprint density at radius 2 is 1.80 bits per heavy atom. The number of aliphatic imine (C=N–C) groups is 1. The van der Waals surface area contributed by atoms with Gasteiger partial charge in [0.15, 0.2) is 17.5 Å². The van der Waals surface area contributed by atoms with Crippen LogP contribution in [-0.4, -0.2) is 109 Å². The lowest BCUT2D eigenvalue weighted by Gasteiger charge is -2.46. The van der Waals surface area contributed by atoms with Crippen molar-refractivity contribution < 1.29 is 24.5 Å². The average Bonchev–Trinajstić information content (AvgIpc) is 3.15. The lowest BCUT2D eigenvalue weighted by atomic mass is 9.76. The SMILES string of the molecule is CC(=O)OC1CC(O)CCC2(C#CCC1Cc1ccc(O)c(OC3CCNC(Cc4ccccc4)C3)c1)CCN1CC3CC(C1)CN(CN=C(N)NC2)C3. The maximum atomic E-state index is 12.4. The molecule has 11 heteroatoms. The van der Waals surface area contributed by atoms with Crippen LogP contribution < -0.4 is 21.1 Å². The molecule has 1 spiro atoms. The van der Waals surface area contributed by atoms with Gasteiger partial charge >= 0.3 is 5.97 Å². The number of esters is 1. The molecule has 3 fully saturated rings. The number of piperidine rings is 3. The molecule has 11 nitrogen and oxygen atoms in total. The molecule has 8 unspecified atom stereocenters. The van der Waals surface area contributed by atoms with Crippen LogP contribution >= 0.6 is 0 Å². The van der Waals surface area contributed by atoms with Crippen LogP contribution in [0.2, 0.25) is 0 Å². The van der Waals surface area contributed by atoms with Gasteiger partial charge in [0.25, 0.3) is 0 Å². The summed E-state index contributed by atoms with van der Waals surface area (Å²) in [7, 11) is 0. The van der Waals surface area contributed by atoms with Crippen LogP contribution in [0.3, 0.4) is 0 Å². The van der Waals surface area contributed by atoms with E-state index in [1.54, 1.807) is 6.07 Å². The quantitative estimate of drug-likeness (QED) is 0.211. The Hall–Kier alpha value is -3.82. The largest absolute Gasteiger partial charge is 0.504 e. The third-order valence-corrected chi connectivity index (χ3v) is 12.3. The standard InChI is InChI=1S/C43H60N6O5/c1-30(50)53-40-23-37(51)11-14-43(15-17-48-24-33-18-34(25-48)27-49(26-33)29-47-42(44)46-28-43)13-5-8-35(40)19-32-9-10-39(52)41(21-32)54-38-12-16-45-36(22-38)20-31-6-3-2-4-7-31/h2-4,6-7,9-10,21,33-38,40,45,51-52H,8,11-12,14-20,22-29H2,1H3,(H3,44,46,47). The molecule has 0 aromatic heterocycles. The molecule has 2 aromatic rings. The Morgan fingerprint density at radius 3 is 2.59 bits per heavy atom. The zero-order valence-electron chi connectivity index (χ0n) is 31.9. The van der Waals surface area contributed by atoms with E-state index in [0.29, 0.717) is 74.9 Å². The van der Waals surface area contributed by atoms with Crippen molar-refractivity contribution in [3.63, 3.8) is 0 Å². The van der Waals surface area contributed by atoms with Gasteiger partial charge in [0, 0.05) is 64.4 Å². The number of benzene rings is 2. The van der Waals surface area contributed by atoms with Crippen molar-refractivity contribution >= 4 is 11.9 Å². The summed E-state index contributed by atoms with van der Waals surface area (Å²) in [5, 5.41) is 29.4. The molecule has 3 saturated heterocycles. The first-order chi connectivity index (χ1) is 26.2. The van der Waals surface area contributed by atoms with E-state index in [-0.39, 0.29) is 23.7 Å². The average molecular weight is 741 g/mol. The van der Waals surface area contributed by atoms with Gasteiger partial charge in [0.2, 0.25) is 0 Å². The number of fused-ring (bicyclic) bond motifs is 4. The Balaban J connectivity index is 1.09. The van der Waals surface area contributed by atoms with Crippen molar-refractivity contribution in [2.24, 2.45) is 33.9 Å². The number of nitrogens with two attached hydrogens (primary N) is 1. The summed E-state index contributed by atoms with van der Waals surface area (Å²) < 4.78 is 12.4. The number of hydrogen-bond donors (Lipinski definition) is 5. The second-order valence-corrected chi connectivity index (χ2v) is 16.8. The van der Waals surface area contributed by atoms with E-state index in [4.69, 9.17) is 20.2 Å². The van der Waals surface area contributed by atoms with Crippen molar-refractivity contribution in [2.75, 3.05) is 52.5 Å². The van der Waals surface area contributed by atoms with Crippen molar-refractivity contribution in [1.29, 1.82) is 0 Å². The molecule has 8 rings (SSSR count). The highest BCUT2D eigenvalue weighted by molar-refractivity contribution is 5.77. The number of phenols is 1. The smallest absolute Gasteiger partial charge is 0.302 e. The molecule has 54 heavy (non-hydrogen) atoms. The fourth-order valence-corrected chi connectivity index (χ4v) is 9.60. The number of nitrogens with one attached hydrogen (secondary N) is 2. The molecule has 2 aromatic carbocycles. The maximum Gasteiger partial charge on any atom is 0.302 e. The van der Waals surface area contributed by atoms with Crippen molar-refractivity contribution in [1.82, 2.24) is 20.4 Å². The molecule has 6 N–H and O–H groups in total. The first kappa shape index (κ1) is 38.5. The fraction of sp³-hybridized carbons (Fsp3) is 0.628. The Kier molecular flexibility index (Phi) is 12.6. The number of hydrogen-bond acceptors (Lipinski definition) is 11. The molecular formula is C43H60N6O5. The second-order valence-electron chi connectivity index (χ2n) is 16.8. The number of rotatable bonds is 7. The summed E-state index contributed by atoms with van der Waals surface area (Å²) in [6.07, 6.45) is 6.21. The molecule has 4 bridgehead atoms. The minimum atomic E-state index is -0.661. The van der Waals surface area contributed by atoms with Gasteiger partial charge in [0.1, 0.15) is 12.2 Å². The van der Waals surface area contributed by atoms with Gasteiger partial charge in [-0.15, -0.1) is 5.92 Å². The molecule has 6 aliphatic rings. The fourth-order valence-electron chi connectivity index (χ4n) is 9.60. The lowest BCUT2D eigenvalue weighted by molar-refractivity contribution is -0.151. The number of aliphatic hydroxyl groups is 1. The molecule has 8 atom stereocenters. The van der Waals surface area contributed by atoms with Gasteiger partial charge in [-0.25, -0.2) is 4.99 Å². The number of nitrogens with zero attached hydrogens (tertiary/aromatic N) is 3. The Labute approximate surface area is 321 Å². The van der Waals surface area contributed by atoms with Crippen LogP contribution in [0.4, 0.5) is 0 Å². The lowest BCUT2D eigenvalue weighted by Crippen LogP contribution is -2.53. The van der Waals surface area contributed by atoms with Gasteiger partial charge < -0.3 is 41.0 Å². The minimum Gasteiger partial charge on any atom is -0.504 e. The minimum absolute atomic E-state index is 0.0252. The first-order valence-corrected chi connectivity index (χ1v) is 20.3. The van der Waals surface area contributed by atoms with E-state index in [1.807, 2.05) is 18.2 Å². The highest BCUT2D eigenvalue weighted by atomic mass is 16.5. The van der Waals surface area contributed by atoms with Gasteiger partial charge in [0.05, 0.1) is 18.2 Å². The number of guanidine groups is 1. The van der Waals surface area contributed by atoms with E-state index in [1.165, 1.54) is 18.9 Å². The van der Waals surface area contributed by atoms with Crippen LogP contribution in [-0.2, 0) is 22.4 Å². The summed E-state index contributed by atoms with van der Waals surface area (Å²) in [6.45, 7) is 8.73. The number of carbonyl (C=O) groups is 1. The molecule has 0 saturated carbocycles. The van der Waals surface area contributed by atoms with Crippen LogP contribution in [0.15, 0.2) is 53.5 Å². The summed E-state index contributed by atoms with van der Waals surface area (Å²) in [4.78, 5) is 22.2. The summed E-state index contributed by atoms with van der Waals surface area (Å²) in [5.41, 5.74) is 8.28. The number of carbonyl (C=O) groups excluding carboxylic acids is 1. The highest BCUT2D eigenvalue weighted by Gasteiger charge is 2.37. The topological polar surface area (TPSA) is 145 Å². The number of phenolic OH excluding ortho intramolecular Hbond substituents is 1. The maximum absolute atomic E-state index is 12.4. The Bertz CT molecular complexity index is 1650. The predicted molar refractivity (Wildman–Crippen MR) is 210 cm³/mol. The van der Waals surface area contributed by atoms with Crippen LogP contribution in [0, 0.1) is 35.0 Å². The van der Waals surface area contributed by atoms with E-state index in [9.17, 15) is 15.0 Å². The van der Waals surface area contributed by atoms with Crippen LogP contribution in [0.25, 0.3) is 0 Å². The molecular weight excluding hydrogens is 681 g/mol. The second kappa shape index (κ2) is 17.8. The summed E-state index contributed by atoms with van der Waals surface area (Å²) >= 11 is 0. The van der Waals surface area contributed by atoms with E-state index < -0.39 is 17.6 Å². The molecule has 5 heterocycles. The van der Waals surface area contributed by atoms with E-state index >= 15 is 0 Å². The Morgan fingerprint density at radius 1 is 1.00 bits per heavy atom. The molecule has 5 aliphatic heterocycles. The normalized spacial score (nSPS) is 34.5. The van der Waals surface area contributed by atoms with Crippen molar-refractivity contribution in [2.45, 2.75) is 95.5 Å². The van der Waals surface area contributed by atoms with Crippen molar-refractivity contribution in [3.05, 3.63) is 59.7 Å². The van der Waals surface area contributed by atoms with Gasteiger partial charge in [-0.2, -0.15) is 0 Å². The molecule has 0 amide bonds. The van der Waals surface area contributed by atoms with Gasteiger partial charge in [-0.1, -0.05) is 42.3 Å². The summed E-state index contributed by atoms with van der Waals surface area (Å²) in [6, 6.07) is 16.3. The van der Waals surface area contributed by atoms with E-state index in [2.05, 4.69) is 56.5 Å².